The highest BCUT2D eigenvalue weighted by Crippen LogP contribution is 2.30. The Morgan fingerprint density at radius 1 is 1.06 bits per heavy atom. The first-order chi connectivity index (χ1) is 15.1. The van der Waals surface area contributed by atoms with E-state index in [9.17, 15) is 31.1 Å². The summed E-state index contributed by atoms with van der Waals surface area (Å²) in [5, 5.41) is 17.3. The van der Waals surface area contributed by atoms with Crippen LogP contribution in [0.25, 0.3) is 0 Å². The Morgan fingerprint density at radius 2 is 1.55 bits per heavy atom. The van der Waals surface area contributed by atoms with E-state index in [0.717, 1.165) is 45.6 Å². The Balaban J connectivity index is 0.000000324. The maximum atomic E-state index is 12.2. The van der Waals surface area contributed by atoms with Gasteiger partial charge in [-0.2, -0.15) is 26.3 Å². The predicted octanol–water partition coefficient (Wildman–Crippen LogP) is 1.94. The highest BCUT2D eigenvalue weighted by molar-refractivity contribution is 5.87. The molecule has 2 aliphatic rings. The number of aliphatic carboxylic acids is 2. The standard InChI is InChI=1S/C14H21N3O2.2C2HF3O2/c1-16-8-5-15-13(18)14(16)3-6-17(7-4-14)10-12-2-9-19-11-12;2*3-2(4,5)1(6)7/h2,9,11H,3-8,10H2,1H3,(H,15,18);2*(H,6,7). The minimum absolute atomic E-state index is 0.212. The maximum Gasteiger partial charge on any atom is 0.490 e. The molecule has 3 N–H and O–H groups in total. The van der Waals surface area contributed by atoms with Gasteiger partial charge >= 0.3 is 24.3 Å². The van der Waals surface area contributed by atoms with E-state index in [1.165, 1.54) is 5.56 Å². The summed E-state index contributed by atoms with van der Waals surface area (Å²) in [6.45, 7) is 4.56. The van der Waals surface area contributed by atoms with Gasteiger partial charge in [0, 0.05) is 38.3 Å². The molecular formula is C18H23F6N3O6. The molecule has 3 heterocycles. The van der Waals surface area contributed by atoms with Crippen LogP contribution in [0.5, 0.6) is 0 Å². The van der Waals surface area contributed by atoms with Crippen molar-refractivity contribution in [2.45, 2.75) is 37.3 Å². The zero-order valence-corrected chi connectivity index (χ0v) is 17.4. The Labute approximate surface area is 183 Å². The summed E-state index contributed by atoms with van der Waals surface area (Å²) in [7, 11) is 2.07. The van der Waals surface area contributed by atoms with Gasteiger partial charge in [-0.25, -0.2) is 9.59 Å². The fourth-order valence-electron chi connectivity index (χ4n) is 3.22. The summed E-state index contributed by atoms with van der Waals surface area (Å²) in [6.07, 6.45) is -4.84. The van der Waals surface area contributed by atoms with Gasteiger partial charge in [-0.1, -0.05) is 0 Å². The van der Waals surface area contributed by atoms with Gasteiger partial charge in [-0.15, -0.1) is 0 Å². The van der Waals surface area contributed by atoms with Crippen molar-refractivity contribution in [2.75, 3.05) is 33.2 Å². The second-order valence-corrected chi connectivity index (χ2v) is 7.22. The predicted molar refractivity (Wildman–Crippen MR) is 99.0 cm³/mol. The van der Waals surface area contributed by atoms with Gasteiger partial charge < -0.3 is 19.9 Å². The van der Waals surface area contributed by atoms with Gasteiger partial charge in [0.25, 0.3) is 0 Å². The number of alkyl halides is 6. The Bertz CT molecular complexity index is 765. The average Bonchev–Trinajstić information content (AvgIpc) is 3.20. The maximum absolute atomic E-state index is 12.2. The van der Waals surface area contributed by atoms with Crippen LogP contribution in [-0.2, 0) is 20.9 Å². The lowest BCUT2D eigenvalue weighted by atomic mass is 9.83. The van der Waals surface area contributed by atoms with Crippen LogP contribution >= 0.6 is 0 Å². The number of nitrogens with one attached hydrogen (secondary N) is 1. The molecule has 0 atom stereocenters. The SMILES string of the molecule is CN1CCNC(=O)C12CCN(Cc1ccoc1)CC2.O=C(O)C(F)(F)F.O=C(O)C(F)(F)F. The molecule has 1 amide bonds. The zero-order chi connectivity index (χ0) is 25.4. The van der Waals surface area contributed by atoms with E-state index in [1.807, 2.05) is 6.07 Å². The quantitative estimate of drug-likeness (QED) is 0.537. The van der Waals surface area contributed by atoms with Crippen LogP contribution in [0.2, 0.25) is 0 Å². The molecule has 0 radical (unpaired) electrons. The summed E-state index contributed by atoms with van der Waals surface area (Å²) in [4.78, 5) is 34.6. The molecule has 2 saturated heterocycles. The van der Waals surface area contributed by atoms with Crippen molar-refractivity contribution in [3.8, 4) is 0 Å². The lowest BCUT2D eigenvalue weighted by molar-refractivity contribution is -0.193. The molecule has 188 valence electrons. The third-order valence-corrected chi connectivity index (χ3v) is 5.04. The molecule has 0 aliphatic carbocycles. The first kappa shape index (κ1) is 28.2. The van der Waals surface area contributed by atoms with Crippen LogP contribution < -0.4 is 5.32 Å². The van der Waals surface area contributed by atoms with E-state index in [1.54, 1.807) is 12.5 Å². The lowest BCUT2D eigenvalue weighted by Gasteiger charge is -2.48. The van der Waals surface area contributed by atoms with Gasteiger partial charge in [0.15, 0.2) is 0 Å². The molecule has 33 heavy (non-hydrogen) atoms. The summed E-state index contributed by atoms with van der Waals surface area (Å²) in [6, 6.07) is 2.00. The highest BCUT2D eigenvalue weighted by Gasteiger charge is 2.46. The number of likely N-dealkylation sites (N-methyl/N-ethyl adjacent to an activating group) is 1. The number of halogens is 6. The van der Waals surface area contributed by atoms with Crippen molar-refractivity contribution in [1.82, 2.24) is 15.1 Å². The summed E-state index contributed by atoms with van der Waals surface area (Å²) in [5.41, 5.74) is 0.933. The van der Waals surface area contributed by atoms with Gasteiger partial charge in [-0.3, -0.25) is 14.6 Å². The Morgan fingerprint density at radius 3 is 1.91 bits per heavy atom. The monoisotopic (exact) mass is 491 g/mol. The number of rotatable bonds is 2. The molecule has 9 nitrogen and oxygen atoms in total. The molecule has 15 heteroatoms. The van der Waals surface area contributed by atoms with Gasteiger partial charge in [0.05, 0.1) is 12.5 Å². The van der Waals surface area contributed by atoms with Crippen LogP contribution in [0.4, 0.5) is 26.3 Å². The van der Waals surface area contributed by atoms with Crippen molar-refractivity contribution in [2.24, 2.45) is 0 Å². The number of nitrogens with zero attached hydrogens (tertiary/aromatic N) is 2. The van der Waals surface area contributed by atoms with E-state index < -0.39 is 24.3 Å². The highest BCUT2D eigenvalue weighted by atomic mass is 19.4. The smallest absolute Gasteiger partial charge is 0.475 e. The number of furan rings is 1. The number of amides is 1. The molecular weight excluding hydrogens is 468 g/mol. The number of piperazine rings is 1. The van der Waals surface area contributed by atoms with Crippen molar-refractivity contribution in [3.63, 3.8) is 0 Å². The van der Waals surface area contributed by atoms with Crippen LogP contribution in [0.15, 0.2) is 23.0 Å². The van der Waals surface area contributed by atoms with Gasteiger partial charge in [0.2, 0.25) is 5.91 Å². The van der Waals surface area contributed by atoms with Crippen molar-refractivity contribution in [3.05, 3.63) is 24.2 Å². The third kappa shape index (κ3) is 8.57. The van der Waals surface area contributed by atoms with Crippen molar-refractivity contribution < 1.29 is 55.4 Å². The average molecular weight is 491 g/mol. The Hall–Kier alpha value is -2.81. The molecule has 1 spiro atoms. The normalized spacial score (nSPS) is 18.9. The van der Waals surface area contributed by atoms with Crippen LogP contribution in [0.3, 0.4) is 0 Å². The Kier molecular flexibility index (Phi) is 9.71. The van der Waals surface area contributed by atoms with Gasteiger partial charge in [-0.05, 0) is 26.0 Å². The van der Waals surface area contributed by atoms with Crippen LogP contribution in [0, 0.1) is 0 Å². The first-order valence-electron chi connectivity index (χ1n) is 9.43. The van der Waals surface area contributed by atoms with Crippen molar-refractivity contribution in [1.29, 1.82) is 0 Å². The number of hydrogen-bond donors (Lipinski definition) is 3. The van der Waals surface area contributed by atoms with Crippen molar-refractivity contribution >= 4 is 17.8 Å². The fourth-order valence-corrected chi connectivity index (χ4v) is 3.22. The number of carboxylic acids is 2. The van der Waals surface area contributed by atoms with Gasteiger partial charge in [0.1, 0.15) is 5.54 Å². The van der Waals surface area contributed by atoms with Crippen LogP contribution in [-0.4, -0.2) is 89.0 Å². The summed E-state index contributed by atoms with van der Waals surface area (Å²) >= 11 is 0. The molecule has 1 aromatic rings. The molecule has 0 unspecified atom stereocenters. The van der Waals surface area contributed by atoms with E-state index in [2.05, 4.69) is 22.2 Å². The lowest BCUT2D eigenvalue weighted by Crippen LogP contribution is -2.66. The largest absolute Gasteiger partial charge is 0.490 e. The topological polar surface area (TPSA) is 123 Å². The van der Waals surface area contributed by atoms with Crippen LogP contribution in [0.1, 0.15) is 18.4 Å². The zero-order valence-electron chi connectivity index (χ0n) is 17.4. The number of likely N-dealkylation sites (tertiary alicyclic amines) is 1. The summed E-state index contributed by atoms with van der Waals surface area (Å²) < 4.78 is 68.6. The second-order valence-electron chi connectivity index (χ2n) is 7.22. The minimum atomic E-state index is -5.08. The number of carbonyl (C=O) groups excluding carboxylic acids is 1. The van der Waals surface area contributed by atoms with E-state index in [-0.39, 0.29) is 11.4 Å². The minimum Gasteiger partial charge on any atom is -0.475 e. The molecule has 2 aliphatic heterocycles. The molecule has 0 saturated carbocycles. The molecule has 1 aromatic heterocycles. The van der Waals surface area contributed by atoms with E-state index in [0.29, 0.717) is 0 Å². The third-order valence-electron chi connectivity index (χ3n) is 5.04. The molecule has 0 aromatic carbocycles. The van der Waals surface area contributed by atoms with E-state index >= 15 is 0 Å². The molecule has 3 rings (SSSR count). The second kappa shape index (κ2) is 11.4. The molecule has 2 fully saturated rings. The molecule has 0 bridgehead atoms. The first-order valence-corrected chi connectivity index (χ1v) is 9.43. The number of carboxylic acid groups (broad SMARTS) is 2. The summed E-state index contributed by atoms with van der Waals surface area (Å²) in [5.74, 6) is -5.30. The van der Waals surface area contributed by atoms with E-state index in [4.69, 9.17) is 24.2 Å². The number of hydrogen-bond acceptors (Lipinski definition) is 6. The fraction of sp³-hybridized carbons (Fsp3) is 0.611. The number of carbonyl (C=O) groups is 3. The number of piperidine rings is 1.